The third-order valence-electron chi connectivity index (χ3n) is 3.21. The summed E-state index contributed by atoms with van der Waals surface area (Å²) in [6.45, 7) is 6.29. The lowest BCUT2D eigenvalue weighted by Crippen LogP contribution is -2.41. The molecule has 1 aromatic carbocycles. The summed E-state index contributed by atoms with van der Waals surface area (Å²) in [5, 5.41) is 3.59. The van der Waals surface area contributed by atoms with Crippen LogP contribution < -0.4 is 10.1 Å². The molecule has 0 spiro atoms. The SMILES string of the molecule is CN(C)CCNC1c2ccccc2OC1(C)C. The molecule has 1 heterocycles. The van der Waals surface area contributed by atoms with Crippen molar-refractivity contribution in [2.45, 2.75) is 25.5 Å². The molecule has 1 aliphatic heterocycles. The minimum atomic E-state index is -0.171. The van der Waals surface area contributed by atoms with Crippen LogP contribution in [0.3, 0.4) is 0 Å². The van der Waals surface area contributed by atoms with E-state index in [1.54, 1.807) is 0 Å². The van der Waals surface area contributed by atoms with Crippen LogP contribution in [-0.4, -0.2) is 37.7 Å². The summed E-state index contributed by atoms with van der Waals surface area (Å²) < 4.78 is 5.99. The van der Waals surface area contributed by atoms with Gasteiger partial charge in [-0.15, -0.1) is 0 Å². The first kappa shape index (κ1) is 12.4. The van der Waals surface area contributed by atoms with Gasteiger partial charge in [0.15, 0.2) is 0 Å². The molecule has 0 aliphatic carbocycles. The van der Waals surface area contributed by atoms with Crippen molar-refractivity contribution in [2.24, 2.45) is 0 Å². The highest BCUT2D eigenvalue weighted by Gasteiger charge is 2.40. The second kappa shape index (κ2) is 4.67. The van der Waals surface area contributed by atoms with Crippen molar-refractivity contribution in [3.8, 4) is 5.75 Å². The first-order valence-electron chi connectivity index (χ1n) is 6.17. The van der Waals surface area contributed by atoms with Gasteiger partial charge < -0.3 is 15.0 Å². The van der Waals surface area contributed by atoms with Crippen LogP contribution in [-0.2, 0) is 0 Å². The standard InChI is InChI=1S/C14H22N2O/c1-14(2)13(15-9-10-16(3)4)11-7-5-6-8-12(11)17-14/h5-8,13,15H,9-10H2,1-4H3. The zero-order chi connectivity index (χ0) is 12.5. The normalized spacial score (nSPS) is 21.4. The van der Waals surface area contributed by atoms with E-state index in [9.17, 15) is 0 Å². The molecule has 0 bridgehead atoms. The van der Waals surface area contributed by atoms with Crippen LogP contribution in [0.2, 0.25) is 0 Å². The van der Waals surface area contributed by atoms with E-state index in [-0.39, 0.29) is 11.6 Å². The summed E-state index contributed by atoms with van der Waals surface area (Å²) in [6.07, 6.45) is 0. The molecule has 0 aromatic heterocycles. The van der Waals surface area contributed by atoms with Gasteiger partial charge in [-0.2, -0.15) is 0 Å². The number of hydrogen-bond donors (Lipinski definition) is 1. The summed E-state index contributed by atoms with van der Waals surface area (Å²) >= 11 is 0. The van der Waals surface area contributed by atoms with Crippen molar-refractivity contribution in [2.75, 3.05) is 27.2 Å². The van der Waals surface area contributed by atoms with Crippen molar-refractivity contribution in [3.05, 3.63) is 29.8 Å². The lowest BCUT2D eigenvalue weighted by atomic mass is 9.94. The number of rotatable bonds is 4. The van der Waals surface area contributed by atoms with Gasteiger partial charge in [0.2, 0.25) is 0 Å². The van der Waals surface area contributed by atoms with Crippen LogP contribution in [0.5, 0.6) is 5.75 Å². The second-order valence-corrected chi connectivity index (χ2v) is 5.43. The Hall–Kier alpha value is -1.06. The molecule has 2 rings (SSSR count). The zero-order valence-corrected chi connectivity index (χ0v) is 11.2. The van der Waals surface area contributed by atoms with Crippen molar-refractivity contribution in [1.29, 1.82) is 0 Å². The van der Waals surface area contributed by atoms with Gasteiger partial charge in [0, 0.05) is 18.7 Å². The van der Waals surface area contributed by atoms with Gasteiger partial charge in [0.25, 0.3) is 0 Å². The molecule has 1 unspecified atom stereocenters. The van der Waals surface area contributed by atoms with E-state index in [1.807, 2.05) is 12.1 Å². The third kappa shape index (κ3) is 2.61. The summed E-state index contributed by atoms with van der Waals surface area (Å²) in [4.78, 5) is 2.18. The highest BCUT2D eigenvalue weighted by molar-refractivity contribution is 5.42. The fraction of sp³-hybridized carbons (Fsp3) is 0.571. The average molecular weight is 234 g/mol. The van der Waals surface area contributed by atoms with Gasteiger partial charge in [-0.25, -0.2) is 0 Å². The number of nitrogens with one attached hydrogen (secondary N) is 1. The van der Waals surface area contributed by atoms with Crippen molar-refractivity contribution < 1.29 is 4.74 Å². The molecule has 17 heavy (non-hydrogen) atoms. The molecule has 3 nitrogen and oxygen atoms in total. The molecule has 0 radical (unpaired) electrons. The molecule has 0 saturated carbocycles. The molecular weight excluding hydrogens is 212 g/mol. The molecule has 94 valence electrons. The van der Waals surface area contributed by atoms with Crippen LogP contribution in [0.4, 0.5) is 0 Å². The fourth-order valence-electron chi connectivity index (χ4n) is 2.32. The molecule has 0 amide bonds. The highest BCUT2D eigenvalue weighted by Crippen LogP contribution is 2.42. The predicted molar refractivity (Wildman–Crippen MR) is 70.4 cm³/mol. The largest absolute Gasteiger partial charge is 0.486 e. The molecule has 0 saturated heterocycles. The maximum Gasteiger partial charge on any atom is 0.125 e. The minimum Gasteiger partial charge on any atom is -0.486 e. The van der Waals surface area contributed by atoms with E-state index in [0.29, 0.717) is 0 Å². The van der Waals surface area contributed by atoms with Gasteiger partial charge in [-0.3, -0.25) is 0 Å². The number of ether oxygens (including phenoxy) is 1. The first-order valence-corrected chi connectivity index (χ1v) is 6.17. The monoisotopic (exact) mass is 234 g/mol. The Morgan fingerprint density at radius 3 is 2.71 bits per heavy atom. The smallest absolute Gasteiger partial charge is 0.125 e. The van der Waals surface area contributed by atoms with E-state index >= 15 is 0 Å². The summed E-state index contributed by atoms with van der Waals surface area (Å²) in [7, 11) is 4.18. The Balaban J connectivity index is 2.09. The Labute approximate surface area is 104 Å². The van der Waals surface area contributed by atoms with Crippen LogP contribution >= 0.6 is 0 Å². The molecule has 0 fully saturated rings. The minimum absolute atomic E-state index is 0.171. The van der Waals surface area contributed by atoms with E-state index in [1.165, 1.54) is 5.56 Å². The Kier molecular flexibility index (Phi) is 3.40. The van der Waals surface area contributed by atoms with Crippen molar-refractivity contribution >= 4 is 0 Å². The maximum atomic E-state index is 5.99. The molecule has 1 aliphatic rings. The van der Waals surface area contributed by atoms with Gasteiger partial charge in [-0.05, 0) is 34.0 Å². The zero-order valence-electron chi connectivity index (χ0n) is 11.2. The van der Waals surface area contributed by atoms with Gasteiger partial charge in [0.05, 0.1) is 6.04 Å². The quantitative estimate of drug-likeness (QED) is 0.863. The Morgan fingerprint density at radius 2 is 2.00 bits per heavy atom. The van der Waals surface area contributed by atoms with Crippen LogP contribution in [0.1, 0.15) is 25.5 Å². The number of para-hydroxylation sites is 1. The van der Waals surface area contributed by atoms with Crippen LogP contribution in [0.25, 0.3) is 0 Å². The molecule has 1 atom stereocenters. The summed E-state index contributed by atoms with van der Waals surface area (Å²) in [6, 6.07) is 8.57. The topological polar surface area (TPSA) is 24.5 Å². The average Bonchev–Trinajstić information content (AvgIpc) is 2.49. The van der Waals surface area contributed by atoms with Crippen molar-refractivity contribution in [1.82, 2.24) is 10.2 Å². The Bertz CT molecular complexity index is 388. The van der Waals surface area contributed by atoms with Gasteiger partial charge in [0.1, 0.15) is 11.4 Å². The number of nitrogens with zero attached hydrogens (tertiary/aromatic N) is 1. The first-order chi connectivity index (χ1) is 8.00. The lowest BCUT2D eigenvalue weighted by molar-refractivity contribution is 0.0957. The number of likely N-dealkylation sites (N-methyl/N-ethyl adjacent to an activating group) is 1. The molecule has 1 N–H and O–H groups in total. The van der Waals surface area contributed by atoms with Crippen molar-refractivity contribution in [3.63, 3.8) is 0 Å². The highest BCUT2D eigenvalue weighted by atomic mass is 16.5. The summed E-state index contributed by atoms with van der Waals surface area (Å²) in [5.41, 5.74) is 1.10. The maximum absolute atomic E-state index is 5.99. The number of benzene rings is 1. The number of fused-ring (bicyclic) bond motifs is 1. The van der Waals surface area contributed by atoms with Gasteiger partial charge >= 0.3 is 0 Å². The van der Waals surface area contributed by atoms with Crippen LogP contribution in [0.15, 0.2) is 24.3 Å². The lowest BCUT2D eigenvalue weighted by Gasteiger charge is -2.27. The van der Waals surface area contributed by atoms with E-state index in [2.05, 4.69) is 50.3 Å². The van der Waals surface area contributed by atoms with E-state index < -0.39 is 0 Å². The van der Waals surface area contributed by atoms with E-state index in [4.69, 9.17) is 4.74 Å². The second-order valence-electron chi connectivity index (χ2n) is 5.43. The molecule has 1 aromatic rings. The van der Waals surface area contributed by atoms with Crippen LogP contribution in [0, 0.1) is 0 Å². The molecular formula is C14H22N2O. The predicted octanol–water partition coefficient (Wildman–Crippen LogP) is 2.05. The summed E-state index contributed by atoms with van der Waals surface area (Å²) in [5.74, 6) is 1.01. The third-order valence-corrected chi connectivity index (χ3v) is 3.21. The fourth-order valence-corrected chi connectivity index (χ4v) is 2.32. The number of hydrogen-bond acceptors (Lipinski definition) is 3. The Morgan fingerprint density at radius 1 is 1.29 bits per heavy atom. The van der Waals surface area contributed by atoms with E-state index in [0.717, 1.165) is 18.8 Å². The molecule has 3 heteroatoms. The van der Waals surface area contributed by atoms with Gasteiger partial charge in [-0.1, -0.05) is 18.2 Å².